The number of pyridine rings is 1. The van der Waals surface area contributed by atoms with Gasteiger partial charge < -0.3 is 19.4 Å². The number of nitrogens with zero attached hydrogens (tertiary/aromatic N) is 6. The summed E-state index contributed by atoms with van der Waals surface area (Å²) in [5.74, 6) is 1.39. The van der Waals surface area contributed by atoms with E-state index < -0.39 is 11.7 Å². The number of benzene rings is 1. The van der Waals surface area contributed by atoms with Gasteiger partial charge in [0.25, 0.3) is 0 Å². The summed E-state index contributed by atoms with van der Waals surface area (Å²) < 4.78 is 46.4. The Bertz CT molecular complexity index is 1240. The molecule has 3 aromatic rings. The summed E-state index contributed by atoms with van der Waals surface area (Å²) in [7, 11) is 0. The van der Waals surface area contributed by atoms with Crippen LogP contribution >= 0.6 is 11.8 Å². The van der Waals surface area contributed by atoms with Crippen molar-refractivity contribution in [3.63, 3.8) is 0 Å². The molecule has 0 aliphatic carbocycles. The second-order valence-electron chi connectivity index (χ2n) is 9.10. The lowest BCUT2D eigenvalue weighted by Gasteiger charge is -2.42. The molecular weight excluding hydrogens is 501 g/mol. The second-order valence-corrected chi connectivity index (χ2v) is 9.98. The Morgan fingerprint density at radius 2 is 1.78 bits per heavy atom. The molecule has 2 saturated heterocycles. The lowest BCUT2D eigenvalue weighted by atomic mass is 10.1. The fourth-order valence-corrected chi connectivity index (χ4v) is 5.22. The Kier molecular flexibility index (Phi) is 7.43. The van der Waals surface area contributed by atoms with Gasteiger partial charge in [-0.05, 0) is 37.4 Å². The SMILES string of the molecule is CSc1cccc(-c2cc(N3CCN(c4ncccc4C(F)(F)F)C[C@H]3C)nc(N3CCOCC3)n2)c1. The zero-order valence-electron chi connectivity index (χ0n) is 20.8. The van der Waals surface area contributed by atoms with Crippen molar-refractivity contribution in [3.8, 4) is 11.3 Å². The average molecular weight is 531 g/mol. The Morgan fingerprint density at radius 3 is 2.51 bits per heavy atom. The molecule has 0 N–H and O–H groups in total. The van der Waals surface area contributed by atoms with Crippen molar-refractivity contribution >= 4 is 29.3 Å². The molecule has 7 nitrogen and oxygen atoms in total. The van der Waals surface area contributed by atoms with E-state index in [9.17, 15) is 13.2 Å². The van der Waals surface area contributed by atoms with Gasteiger partial charge in [0.15, 0.2) is 0 Å². The van der Waals surface area contributed by atoms with E-state index in [2.05, 4.69) is 26.9 Å². The monoisotopic (exact) mass is 530 g/mol. The third-order valence-corrected chi connectivity index (χ3v) is 7.40. The minimum Gasteiger partial charge on any atom is -0.378 e. The third-order valence-electron chi connectivity index (χ3n) is 6.67. The van der Waals surface area contributed by atoms with E-state index in [1.54, 1.807) is 16.7 Å². The molecular formula is C26H29F3N6OS. The Morgan fingerprint density at radius 1 is 0.973 bits per heavy atom. The molecule has 5 rings (SSSR count). The van der Waals surface area contributed by atoms with E-state index in [-0.39, 0.29) is 11.9 Å². The van der Waals surface area contributed by atoms with Gasteiger partial charge in [-0.15, -0.1) is 11.8 Å². The van der Waals surface area contributed by atoms with E-state index in [0.29, 0.717) is 51.9 Å². The summed E-state index contributed by atoms with van der Waals surface area (Å²) in [4.78, 5) is 21.0. The number of piperazine rings is 1. The first-order valence-corrected chi connectivity index (χ1v) is 13.5. The van der Waals surface area contributed by atoms with E-state index in [4.69, 9.17) is 14.7 Å². The molecule has 0 unspecified atom stereocenters. The number of ether oxygens (including phenoxy) is 1. The van der Waals surface area contributed by atoms with Gasteiger partial charge in [-0.25, -0.2) is 9.97 Å². The lowest BCUT2D eigenvalue weighted by molar-refractivity contribution is -0.137. The molecule has 37 heavy (non-hydrogen) atoms. The summed E-state index contributed by atoms with van der Waals surface area (Å²) in [5, 5.41) is 0. The van der Waals surface area contributed by atoms with Crippen LogP contribution in [-0.4, -0.2) is 73.2 Å². The minimum absolute atomic E-state index is 0.0206. The highest BCUT2D eigenvalue weighted by molar-refractivity contribution is 7.98. The number of rotatable bonds is 5. The maximum absolute atomic E-state index is 13.6. The summed E-state index contributed by atoms with van der Waals surface area (Å²) >= 11 is 1.67. The summed E-state index contributed by atoms with van der Waals surface area (Å²) in [6.45, 7) is 5.96. The first-order valence-electron chi connectivity index (χ1n) is 12.2. The van der Waals surface area contributed by atoms with Crippen molar-refractivity contribution in [3.05, 3.63) is 54.2 Å². The highest BCUT2D eigenvalue weighted by Crippen LogP contribution is 2.36. The largest absolute Gasteiger partial charge is 0.419 e. The van der Waals surface area contributed by atoms with Crippen molar-refractivity contribution < 1.29 is 17.9 Å². The molecule has 0 radical (unpaired) electrons. The fourth-order valence-electron chi connectivity index (χ4n) is 4.76. The van der Waals surface area contributed by atoms with Crippen molar-refractivity contribution in [2.75, 3.05) is 66.9 Å². The van der Waals surface area contributed by atoms with Crippen molar-refractivity contribution in [1.29, 1.82) is 0 Å². The predicted molar refractivity (Wildman–Crippen MR) is 141 cm³/mol. The standard InChI is InChI=1S/C26H29F3N6OS/c1-18-17-34(24-21(26(27,28)29)7-4-8-30-24)9-10-35(18)23-16-22(19-5-3-6-20(15-19)37-2)31-25(32-23)33-11-13-36-14-12-33/h3-8,15-16,18H,9-14,17H2,1-2H3/t18-/m1/s1. The quantitative estimate of drug-likeness (QED) is 0.435. The number of aromatic nitrogens is 3. The van der Waals surface area contributed by atoms with Gasteiger partial charge in [-0.1, -0.05) is 12.1 Å². The first-order chi connectivity index (χ1) is 17.8. The van der Waals surface area contributed by atoms with Crippen molar-refractivity contribution in [2.24, 2.45) is 0 Å². The van der Waals surface area contributed by atoms with Crippen LogP contribution in [0.15, 0.2) is 53.6 Å². The highest BCUT2D eigenvalue weighted by atomic mass is 32.2. The number of thioether (sulfide) groups is 1. The maximum atomic E-state index is 13.6. The molecule has 11 heteroatoms. The van der Waals surface area contributed by atoms with Crippen LogP contribution in [0.2, 0.25) is 0 Å². The van der Waals surface area contributed by atoms with Crippen LogP contribution in [0.5, 0.6) is 0 Å². The van der Waals surface area contributed by atoms with Gasteiger partial charge in [0.2, 0.25) is 5.95 Å². The van der Waals surface area contributed by atoms with E-state index >= 15 is 0 Å². The molecule has 1 aromatic carbocycles. The van der Waals surface area contributed by atoms with Crippen LogP contribution < -0.4 is 14.7 Å². The molecule has 2 aliphatic rings. The van der Waals surface area contributed by atoms with Gasteiger partial charge in [-0.3, -0.25) is 0 Å². The van der Waals surface area contributed by atoms with Crippen LogP contribution in [-0.2, 0) is 10.9 Å². The molecule has 1 atom stereocenters. The van der Waals surface area contributed by atoms with E-state index in [1.165, 1.54) is 12.3 Å². The number of morpholine rings is 1. The minimum atomic E-state index is -4.45. The number of halogens is 3. The van der Waals surface area contributed by atoms with Crippen LogP contribution in [0, 0.1) is 0 Å². The highest BCUT2D eigenvalue weighted by Gasteiger charge is 2.37. The number of hydrogen-bond donors (Lipinski definition) is 0. The maximum Gasteiger partial charge on any atom is 0.419 e. The Labute approximate surface area is 218 Å². The molecule has 4 heterocycles. The summed E-state index contributed by atoms with van der Waals surface area (Å²) in [6.07, 6.45) is -1.00. The van der Waals surface area contributed by atoms with Crippen molar-refractivity contribution in [1.82, 2.24) is 15.0 Å². The van der Waals surface area contributed by atoms with E-state index in [1.807, 2.05) is 31.4 Å². The molecule has 0 spiro atoms. The normalized spacial score (nSPS) is 18.8. The number of alkyl halides is 3. The number of anilines is 3. The summed E-state index contributed by atoms with van der Waals surface area (Å²) in [5.41, 5.74) is 1.11. The van der Waals surface area contributed by atoms with Gasteiger partial charge in [0, 0.05) is 61.5 Å². The first kappa shape index (κ1) is 25.6. The molecule has 2 aromatic heterocycles. The Hall–Kier alpha value is -3.05. The van der Waals surface area contributed by atoms with Gasteiger partial charge in [0.1, 0.15) is 11.6 Å². The smallest absolute Gasteiger partial charge is 0.378 e. The predicted octanol–water partition coefficient (Wildman–Crippen LogP) is 4.83. The van der Waals surface area contributed by atoms with Crippen molar-refractivity contribution in [2.45, 2.75) is 24.0 Å². The topological polar surface area (TPSA) is 57.6 Å². The summed E-state index contributed by atoms with van der Waals surface area (Å²) in [6, 6.07) is 12.5. The molecule has 0 saturated carbocycles. The number of hydrogen-bond acceptors (Lipinski definition) is 8. The molecule has 2 fully saturated rings. The zero-order chi connectivity index (χ0) is 26.0. The van der Waals surface area contributed by atoms with Crippen LogP contribution in [0.1, 0.15) is 12.5 Å². The fraction of sp³-hybridized carbons (Fsp3) is 0.423. The average Bonchev–Trinajstić information content (AvgIpc) is 2.93. The second kappa shape index (κ2) is 10.7. The molecule has 0 amide bonds. The molecule has 196 valence electrons. The zero-order valence-corrected chi connectivity index (χ0v) is 21.6. The van der Waals surface area contributed by atoms with Crippen LogP contribution in [0.25, 0.3) is 11.3 Å². The Balaban J connectivity index is 1.46. The van der Waals surface area contributed by atoms with E-state index in [0.717, 1.165) is 28.0 Å². The van der Waals surface area contributed by atoms with Crippen LogP contribution in [0.4, 0.5) is 30.8 Å². The lowest BCUT2D eigenvalue weighted by Crippen LogP contribution is -2.53. The van der Waals surface area contributed by atoms with Crippen LogP contribution in [0.3, 0.4) is 0 Å². The third kappa shape index (κ3) is 5.62. The van der Waals surface area contributed by atoms with Gasteiger partial charge in [0.05, 0.1) is 24.5 Å². The molecule has 0 bridgehead atoms. The van der Waals surface area contributed by atoms with Gasteiger partial charge >= 0.3 is 6.18 Å². The van der Waals surface area contributed by atoms with Gasteiger partial charge in [-0.2, -0.15) is 18.2 Å². The molecule has 2 aliphatic heterocycles.